The Bertz CT molecular complexity index is 654. The summed E-state index contributed by atoms with van der Waals surface area (Å²) < 4.78 is 5.07. The Morgan fingerprint density at radius 1 is 1.04 bits per heavy atom. The van der Waals surface area contributed by atoms with Crippen LogP contribution >= 0.6 is 0 Å². The number of amides is 2. The van der Waals surface area contributed by atoms with Crippen molar-refractivity contribution in [1.29, 1.82) is 0 Å². The number of anilines is 2. The van der Waals surface area contributed by atoms with Crippen molar-refractivity contribution in [3.8, 4) is 5.75 Å². The van der Waals surface area contributed by atoms with Crippen molar-refractivity contribution in [2.24, 2.45) is 0 Å². The van der Waals surface area contributed by atoms with E-state index in [1.54, 1.807) is 36.3 Å². The van der Waals surface area contributed by atoms with Crippen LogP contribution in [0.5, 0.6) is 5.75 Å². The van der Waals surface area contributed by atoms with Crippen LogP contribution in [0.15, 0.2) is 54.6 Å². The molecule has 0 unspecified atom stereocenters. The van der Waals surface area contributed by atoms with Gasteiger partial charge in [-0.2, -0.15) is 0 Å². The molecule has 5 nitrogen and oxygen atoms in total. The molecule has 0 aromatic heterocycles. The minimum atomic E-state index is -0.141. The van der Waals surface area contributed by atoms with E-state index in [-0.39, 0.29) is 18.2 Å². The summed E-state index contributed by atoms with van der Waals surface area (Å²) in [5.74, 6) is 0.501. The lowest BCUT2D eigenvalue weighted by molar-refractivity contribution is -0.117. The van der Waals surface area contributed by atoms with Crippen molar-refractivity contribution in [3.05, 3.63) is 54.6 Å². The van der Waals surface area contributed by atoms with Gasteiger partial charge in [0.2, 0.25) is 11.8 Å². The molecule has 0 saturated heterocycles. The van der Waals surface area contributed by atoms with E-state index >= 15 is 0 Å². The number of hydrogen-bond donors (Lipinski definition) is 1. The summed E-state index contributed by atoms with van der Waals surface area (Å²) in [6.07, 6.45) is 0.223. The molecule has 0 aliphatic heterocycles. The zero-order valence-electron chi connectivity index (χ0n) is 13.3. The fourth-order valence-electron chi connectivity index (χ4n) is 2.19. The van der Waals surface area contributed by atoms with E-state index in [0.29, 0.717) is 12.2 Å². The zero-order chi connectivity index (χ0) is 16.7. The average molecular weight is 312 g/mol. The normalized spacial score (nSPS) is 10.0. The van der Waals surface area contributed by atoms with E-state index in [9.17, 15) is 9.59 Å². The molecule has 2 aromatic carbocycles. The van der Waals surface area contributed by atoms with E-state index in [1.165, 1.54) is 6.92 Å². The number of benzene rings is 2. The van der Waals surface area contributed by atoms with Gasteiger partial charge in [-0.1, -0.05) is 18.2 Å². The summed E-state index contributed by atoms with van der Waals surface area (Å²) in [5.41, 5.74) is 1.49. The molecule has 0 heterocycles. The highest BCUT2D eigenvalue weighted by Gasteiger charge is 2.13. The maximum atomic E-state index is 12.0. The van der Waals surface area contributed by atoms with Crippen LogP contribution in [0.2, 0.25) is 0 Å². The van der Waals surface area contributed by atoms with Gasteiger partial charge in [-0.25, -0.2) is 0 Å². The van der Waals surface area contributed by atoms with Crippen molar-refractivity contribution in [2.75, 3.05) is 23.9 Å². The summed E-state index contributed by atoms with van der Waals surface area (Å²) in [5, 5.41) is 2.81. The number of rotatable bonds is 6. The third-order valence-corrected chi connectivity index (χ3v) is 3.38. The largest absolute Gasteiger partial charge is 0.497 e. The number of carbonyl (C=O) groups is 2. The highest BCUT2D eigenvalue weighted by molar-refractivity contribution is 5.94. The number of nitrogens with zero attached hydrogens (tertiary/aromatic N) is 1. The first-order chi connectivity index (χ1) is 11.1. The van der Waals surface area contributed by atoms with E-state index in [4.69, 9.17) is 4.74 Å². The fourth-order valence-corrected chi connectivity index (χ4v) is 2.19. The van der Waals surface area contributed by atoms with Gasteiger partial charge in [0, 0.05) is 31.3 Å². The minimum Gasteiger partial charge on any atom is -0.497 e. The molecule has 5 heteroatoms. The quantitative estimate of drug-likeness (QED) is 0.892. The van der Waals surface area contributed by atoms with E-state index in [0.717, 1.165) is 11.4 Å². The van der Waals surface area contributed by atoms with Crippen LogP contribution in [0.4, 0.5) is 11.4 Å². The predicted octanol–water partition coefficient (Wildman–Crippen LogP) is 3.08. The van der Waals surface area contributed by atoms with Gasteiger partial charge in [-0.05, 0) is 36.4 Å². The molecular weight excluding hydrogens is 292 g/mol. The molecule has 2 aromatic rings. The Labute approximate surface area is 135 Å². The second-order valence-electron chi connectivity index (χ2n) is 5.03. The number of ether oxygens (including phenoxy) is 1. The lowest BCUT2D eigenvalue weighted by Crippen LogP contribution is -2.31. The molecule has 23 heavy (non-hydrogen) atoms. The third-order valence-electron chi connectivity index (χ3n) is 3.38. The second-order valence-corrected chi connectivity index (χ2v) is 5.03. The van der Waals surface area contributed by atoms with Crippen molar-refractivity contribution in [2.45, 2.75) is 13.3 Å². The van der Waals surface area contributed by atoms with Crippen molar-refractivity contribution in [3.63, 3.8) is 0 Å². The van der Waals surface area contributed by atoms with Gasteiger partial charge in [0.25, 0.3) is 0 Å². The van der Waals surface area contributed by atoms with Gasteiger partial charge >= 0.3 is 0 Å². The molecule has 2 rings (SSSR count). The van der Waals surface area contributed by atoms with Crippen molar-refractivity contribution < 1.29 is 14.3 Å². The van der Waals surface area contributed by atoms with Gasteiger partial charge in [0.15, 0.2) is 0 Å². The molecule has 2 amide bonds. The highest BCUT2D eigenvalue weighted by atomic mass is 16.5. The van der Waals surface area contributed by atoms with Crippen LogP contribution in [-0.4, -0.2) is 25.5 Å². The standard InChI is InChI=1S/C18H20N2O3/c1-14(21)20(16-6-4-3-5-7-16)13-12-18(22)19-15-8-10-17(23-2)11-9-15/h3-11H,12-13H2,1-2H3,(H,19,22). The average Bonchev–Trinajstić information content (AvgIpc) is 2.56. The van der Waals surface area contributed by atoms with Crippen LogP contribution in [0.3, 0.4) is 0 Å². The lowest BCUT2D eigenvalue weighted by Gasteiger charge is -2.20. The predicted molar refractivity (Wildman–Crippen MR) is 90.7 cm³/mol. The number of nitrogens with one attached hydrogen (secondary N) is 1. The number of hydrogen-bond acceptors (Lipinski definition) is 3. The van der Waals surface area contributed by atoms with Gasteiger partial charge in [0.05, 0.1) is 7.11 Å². The highest BCUT2D eigenvalue weighted by Crippen LogP contribution is 2.16. The number of methoxy groups -OCH3 is 1. The molecule has 0 radical (unpaired) electrons. The summed E-state index contributed by atoms with van der Waals surface area (Å²) in [6.45, 7) is 1.83. The van der Waals surface area contributed by atoms with E-state index < -0.39 is 0 Å². The van der Waals surface area contributed by atoms with Gasteiger partial charge < -0.3 is 15.0 Å². The molecule has 0 spiro atoms. The maximum absolute atomic E-state index is 12.0. The summed E-state index contributed by atoms with van der Waals surface area (Å²) in [7, 11) is 1.59. The van der Waals surface area contributed by atoms with E-state index in [1.807, 2.05) is 30.3 Å². The van der Waals surface area contributed by atoms with Crippen LogP contribution in [0.25, 0.3) is 0 Å². The van der Waals surface area contributed by atoms with Crippen LogP contribution in [-0.2, 0) is 9.59 Å². The Morgan fingerprint density at radius 2 is 1.70 bits per heavy atom. The van der Waals surface area contributed by atoms with Crippen LogP contribution in [0.1, 0.15) is 13.3 Å². The Kier molecular flexibility index (Phi) is 5.74. The van der Waals surface area contributed by atoms with Crippen molar-refractivity contribution in [1.82, 2.24) is 0 Å². The Morgan fingerprint density at radius 3 is 2.26 bits per heavy atom. The van der Waals surface area contributed by atoms with Crippen molar-refractivity contribution >= 4 is 23.2 Å². The minimum absolute atomic E-state index is 0.0894. The first-order valence-electron chi connectivity index (χ1n) is 7.37. The molecule has 0 fully saturated rings. The summed E-state index contributed by atoms with van der Waals surface area (Å²) >= 11 is 0. The van der Waals surface area contributed by atoms with Gasteiger partial charge in [0.1, 0.15) is 5.75 Å². The molecule has 0 bridgehead atoms. The number of para-hydroxylation sites is 1. The first-order valence-corrected chi connectivity index (χ1v) is 7.37. The molecule has 0 saturated carbocycles. The topological polar surface area (TPSA) is 58.6 Å². The Hall–Kier alpha value is -2.82. The van der Waals surface area contributed by atoms with Crippen LogP contribution in [0, 0.1) is 0 Å². The third kappa shape index (κ3) is 4.85. The molecule has 120 valence electrons. The molecule has 0 aliphatic rings. The summed E-state index contributed by atoms with van der Waals surface area (Å²) in [6, 6.07) is 16.4. The maximum Gasteiger partial charge on any atom is 0.226 e. The van der Waals surface area contributed by atoms with Gasteiger partial charge in [-0.15, -0.1) is 0 Å². The van der Waals surface area contributed by atoms with Crippen LogP contribution < -0.4 is 15.0 Å². The zero-order valence-corrected chi connectivity index (χ0v) is 13.3. The smallest absolute Gasteiger partial charge is 0.226 e. The fraction of sp³-hybridized carbons (Fsp3) is 0.222. The van der Waals surface area contributed by atoms with Gasteiger partial charge in [-0.3, -0.25) is 9.59 Å². The molecule has 0 atom stereocenters. The summed E-state index contributed by atoms with van der Waals surface area (Å²) in [4.78, 5) is 25.4. The second kappa shape index (κ2) is 7.98. The first kappa shape index (κ1) is 16.5. The molecule has 1 N–H and O–H groups in total. The SMILES string of the molecule is COc1ccc(NC(=O)CCN(C(C)=O)c2ccccc2)cc1. The lowest BCUT2D eigenvalue weighted by atomic mass is 10.2. The Balaban J connectivity index is 1.92. The van der Waals surface area contributed by atoms with E-state index in [2.05, 4.69) is 5.32 Å². The number of carbonyl (C=O) groups excluding carboxylic acids is 2. The molecule has 0 aliphatic carbocycles. The monoisotopic (exact) mass is 312 g/mol. The molecular formula is C18H20N2O3.